The molecule has 2 nitrogen and oxygen atoms in total. The first kappa shape index (κ1) is 23.0. The van der Waals surface area contributed by atoms with Crippen LogP contribution in [0.25, 0.3) is 38.6 Å². The molecule has 1 aliphatic carbocycles. The Morgan fingerprint density at radius 1 is 0.579 bits per heavy atom. The molecule has 6 aromatic rings. The molecule has 0 unspecified atom stereocenters. The SMILES string of the molecule is C[n+]1cn(-c2ccc(-c3ccc4c(c3)C(C)(C)c3ccccc3C4(C)C)c3ccccc23)c2ccccc21. The second kappa shape index (κ2) is 7.91. The predicted molar refractivity (Wildman–Crippen MR) is 158 cm³/mol. The van der Waals surface area contributed by atoms with Crippen molar-refractivity contribution in [3.8, 4) is 16.8 Å². The van der Waals surface area contributed by atoms with Gasteiger partial charge in [0.2, 0.25) is 6.33 Å². The van der Waals surface area contributed by atoms with Gasteiger partial charge in [-0.1, -0.05) is 100 Å². The number of aromatic nitrogens is 2. The maximum atomic E-state index is 2.46. The fraction of sp³-hybridized carbons (Fsp3) is 0.194. The molecule has 0 saturated carbocycles. The van der Waals surface area contributed by atoms with Crippen LogP contribution in [0.3, 0.4) is 0 Å². The minimum absolute atomic E-state index is 0.0308. The summed E-state index contributed by atoms with van der Waals surface area (Å²) in [6.45, 7) is 9.49. The van der Waals surface area contributed by atoms with E-state index in [0.717, 1.165) is 0 Å². The molecule has 0 spiro atoms. The second-order valence-corrected chi connectivity index (χ2v) is 11.8. The Balaban J connectivity index is 1.44. The molecule has 7 rings (SSSR count). The van der Waals surface area contributed by atoms with E-state index >= 15 is 0 Å². The Bertz CT molecular complexity index is 1880. The van der Waals surface area contributed by atoms with Crippen LogP contribution < -0.4 is 4.57 Å². The number of hydrogen-bond donors (Lipinski definition) is 0. The van der Waals surface area contributed by atoms with E-state index in [9.17, 15) is 0 Å². The summed E-state index contributed by atoms with van der Waals surface area (Å²) < 4.78 is 4.51. The molecule has 186 valence electrons. The standard InChI is InChI=1S/C36H33N2/c1-35(2)28-14-8-9-15-29(28)36(3,4)31-22-24(18-20-30(31)35)25-19-21-32(27-13-7-6-12-26(25)27)38-23-37(5)33-16-10-11-17-34(33)38/h6-23H,1-5H3/q+1. The van der Waals surface area contributed by atoms with E-state index in [0.29, 0.717) is 0 Å². The normalized spacial score (nSPS) is 15.4. The molecule has 0 amide bonds. The summed E-state index contributed by atoms with van der Waals surface area (Å²) in [7, 11) is 2.11. The van der Waals surface area contributed by atoms with Gasteiger partial charge in [0.05, 0.1) is 7.05 Å². The van der Waals surface area contributed by atoms with Crippen molar-refractivity contribution in [2.24, 2.45) is 7.05 Å². The van der Waals surface area contributed by atoms with Crippen LogP contribution in [-0.2, 0) is 17.9 Å². The van der Waals surface area contributed by atoms with Gasteiger partial charge in [-0.25, -0.2) is 4.57 Å². The summed E-state index contributed by atoms with van der Waals surface area (Å²) in [5.41, 5.74) is 11.8. The number of nitrogens with zero attached hydrogens (tertiary/aromatic N) is 2. The van der Waals surface area contributed by atoms with Crippen molar-refractivity contribution in [1.82, 2.24) is 4.57 Å². The first-order valence-corrected chi connectivity index (χ1v) is 13.5. The van der Waals surface area contributed by atoms with E-state index in [-0.39, 0.29) is 10.8 Å². The fourth-order valence-corrected chi connectivity index (χ4v) is 6.84. The molecule has 0 aliphatic heterocycles. The highest BCUT2D eigenvalue weighted by atomic mass is 15.1. The molecule has 5 aromatic carbocycles. The van der Waals surface area contributed by atoms with Crippen molar-refractivity contribution in [3.63, 3.8) is 0 Å². The first-order valence-electron chi connectivity index (χ1n) is 13.5. The first-order chi connectivity index (χ1) is 18.3. The number of aryl methyl sites for hydroxylation is 1. The number of fused-ring (bicyclic) bond motifs is 4. The summed E-state index contributed by atoms with van der Waals surface area (Å²) in [5, 5.41) is 2.53. The summed E-state index contributed by atoms with van der Waals surface area (Å²) in [4.78, 5) is 0. The van der Waals surface area contributed by atoms with Gasteiger partial charge >= 0.3 is 0 Å². The zero-order valence-corrected chi connectivity index (χ0v) is 22.8. The van der Waals surface area contributed by atoms with Gasteiger partial charge in [-0.05, 0) is 69.1 Å². The quantitative estimate of drug-likeness (QED) is 0.215. The molecular formula is C36H33N2+. The van der Waals surface area contributed by atoms with Crippen molar-refractivity contribution in [2.45, 2.75) is 38.5 Å². The van der Waals surface area contributed by atoms with Crippen molar-refractivity contribution < 1.29 is 4.57 Å². The van der Waals surface area contributed by atoms with Crippen LogP contribution in [0.2, 0.25) is 0 Å². The number of hydrogen-bond acceptors (Lipinski definition) is 0. The summed E-state index contributed by atoms with van der Waals surface area (Å²) in [5.74, 6) is 0. The molecule has 0 N–H and O–H groups in total. The molecule has 2 heteroatoms. The smallest absolute Gasteiger partial charge is 0.232 e. The molecular weight excluding hydrogens is 460 g/mol. The molecule has 1 aromatic heterocycles. The number of para-hydroxylation sites is 2. The van der Waals surface area contributed by atoms with Gasteiger partial charge in [-0.15, -0.1) is 0 Å². The topological polar surface area (TPSA) is 8.81 Å². The van der Waals surface area contributed by atoms with Crippen molar-refractivity contribution in [3.05, 3.63) is 132 Å². The van der Waals surface area contributed by atoms with Gasteiger partial charge in [-0.2, -0.15) is 4.57 Å². The molecule has 1 aliphatic rings. The Kier molecular flexibility index (Phi) is 4.79. The fourth-order valence-electron chi connectivity index (χ4n) is 6.84. The average Bonchev–Trinajstić information content (AvgIpc) is 3.27. The third-order valence-corrected chi connectivity index (χ3v) is 8.92. The minimum Gasteiger partial charge on any atom is -0.232 e. The average molecular weight is 494 g/mol. The lowest BCUT2D eigenvalue weighted by atomic mass is 9.60. The predicted octanol–water partition coefficient (Wildman–Crippen LogP) is 8.24. The molecule has 1 heterocycles. The zero-order valence-electron chi connectivity index (χ0n) is 22.8. The summed E-state index contributed by atoms with van der Waals surface area (Å²) >= 11 is 0. The third-order valence-electron chi connectivity index (χ3n) is 8.92. The minimum atomic E-state index is -0.0635. The van der Waals surface area contributed by atoms with Crippen LogP contribution in [-0.4, -0.2) is 4.57 Å². The van der Waals surface area contributed by atoms with E-state index < -0.39 is 0 Å². The van der Waals surface area contributed by atoms with Crippen molar-refractivity contribution in [2.75, 3.05) is 0 Å². The third kappa shape index (κ3) is 3.10. The molecule has 0 fully saturated rings. The second-order valence-electron chi connectivity index (χ2n) is 11.8. The van der Waals surface area contributed by atoms with Crippen LogP contribution in [0.15, 0.2) is 109 Å². The maximum absolute atomic E-state index is 2.46. The van der Waals surface area contributed by atoms with Crippen LogP contribution >= 0.6 is 0 Å². The Hall–Kier alpha value is -4.17. The van der Waals surface area contributed by atoms with Crippen molar-refractivity contribution in [1.29, 1.82) is 0 Å². The van der Waals surface area contributed by atoms with Crippen molar-refractivity contribution >= 4 is 21.8 Å². The van der Waals surface area contributed by atoms with E-state index in [2.05, 4.69) is 153 Å². The molecule has 0 bridgehead atoms. The van der Waals surface area contributed by atoms with Gasteiger partial charge in [0.15, 0.2) is 11.0 Å². The summed E-state index contributed by atoms with van der Waals surface area (Å²) in [6, 6.07) is 38.2. The lowest BCUT2D eigenvalue weighted by Crippen LogP contribution is -2.36. The zero-order chi connectivity index (χ0) is 26.2. The van der Waals surface area contributed by atoms with E-state index in [1.54, 1.807) is 0 Å². The number of benzene rings is 5. The number of imidazole rings is 1. The number of rotatable bonds is 2. The molecule has 0 saturated heterocycles. The van der Waals surface area contributed by atoms with Gasteiger partial charge in [0.1, 0.15) is 5.69 Å². The highest BCUT2D eigenvalue weighted by Crippen LogP contribution is 2.50. The lowest BCUT2D eigenvalue weighted by Gasteiger charge is -2.44. The largest absolute Gasteiger partial charge is 0.249 e. The van der Waals surface area contributed by atoms with E-state index in [4.69, 9.17) is 0 Å². The van der Waals surface area contributed by atoms with Crippen LogP contribution in [0, 0.1) is 0 Å². The van der Waals surface area contributed by atoms with E-state index in [1.807, 2.05) is 0 Å². The Morgan fingerprint density at radius 3 is 1.95 bits per heavy atom. The van der Waals surface area contributed by atoms with Crippen LogP contribution in [0.1, 0.15) is 49.9 Å². The maximum Gasteiger partial charge on any atom is 0.249 e. The lowest BCUT2D eigenvalue weighted by molar-refractivity contribution is -0.645. The van der Waals surface area contributed by atoms with Gasteiger partial charge in [0.25, 0.3) is 0 Å². The van der Waals surface area contributed by atoms with Crippen LogP contribution in [0.5, 0.6) is 0 Å². The molecule has 38 heavy (non-hydrogen) atoms. The van der Waals surface area contributed by atoms with Crippen LogP contribution in [0.4, 0.5) is 0 Å². The van der Waals surface area contributed by atoms with Gasteiger partial charge in [-0.3, -0.25) is 0 Å². The monoisotopic (exact) mass is 493 g/mol. The highest BCUT2D eigenvalue weighted by Gasteiger charge is 2.41. The van der Waals surface area contributed by atoms with E-state index in [1.165, 1.54) is 60.9 Å². The molecule has 0 radical (unpaired) electrons. The Labute approximate surface area is 224 Å². The molecule has 0 atom stereocenters. The van der Waals surface area contributed by atoms with Gasteiger partial charge in [0, 0.05) is 16.2 Å². The highest BCUT2D eigenvalue weighted by molar-refractivity contribution is 6.02. The van der Waals surface area contributed by atoms with Gasteiger partial charge < -0.3 is 0 Å². The summed E-state index contributed by atoms with van der Waals surface area (Å²) in [6.07, 6.45) is 2.19. The Morgan fingerprint density at radius 2 is 1.18 bits per heavy atom.